The molecule has 1 amide bonds. The summed E-state index contributed by atoms with van der Waals surface area (Å²) in [6.45, 7) is -3.84. The summed E-state index contributed by atoms with van der Waals surface area (Å²) in [4.78, 5) is 22.8. The lowest BCUT2D eigenvalue weighted by Gasteiger charge is -2.24. The van der Waals surface area contributed by atoms with E-state index in [0.29, 0.717) is 12.7 Å². The van der Waals surface area contributed by atoms with Crippen LogP contribution in [0.1, 0.15) is 23.2 Å². The molecule has 0 radical (unpaired) electrons. The zero-order valence-corrected chi connectivity index (χ0v) is 14.8. The van der Waals surface area contributed by atoms with Crippen molar-refractivity contribution in [1.29, 1.82) is 5.26 Å². The van der Waals surface area contributed by atoms with Gasteiger partial charge < -0.3 is 15.4 Å². The fraction of sp³-hybridized carbons (Fsp3) is 0.500. The van der Waals surface area contributed by atoms with E-state index in [1.54, 1.807) is 0 Å². The fourth-order valence-corrected chi connectivity index (χ4v) is 3.06. The molecule has 1 aliphatic heterocycles. The average molecular weight is 398 g/mol. The normalized spacial score (nSPS) is 16.5. The Labute approximate surface area is 159 Å². The molecule has 1 fully saturated rings. The van der Waals surface area contributed by atoms with Crippen LogP contribution in [0, 0.1) is 27.2 Å². The maximum absolute atomic E-state index is 14.4. The summed E-state index contributed by atoms with van der Waals surface area (Å²) in [5.74, 6) is 0.340. The third-order valence-corrected chi connectivity index (χ3v) is 4.38. The van der Waals surface area contributed by atoms with E-state index in [-0.39, 0.29) is 25.0 Å². The van der Waals surface area contributed by atoms with E-state index in [9.17, 15) is 28.1 Å². The van der Waals surface area contributed by atoms with Gasteiger partial charge in [0.2, 0.25) is 0 Å². The molecule has 2 N–H and O–H groups in total. The number of benzene rings is 1. The predicted molar refractivity (Wildman–Crippen MR) is 95.0 cm³/mol. The minimum absolute atomic E-state index is 0.194. The third-order valence-electron chi connectivity index (χ3n) is 4.38. The van der Waals surface area contributed by atoms with Gasteiger partial charge in [0.05, 0.1) is 17.1 Å². The molecular weight excluding hydrogens is 380 g/mol. The van der Waals surface area contributed by atoms with Crippen molar-refractivity contribution in [1.82, 2.24) is 5.32 Å². The quantitative estimate of drug-likeness (QED) is 0.301. The van der Waals surface area contributed by atoms with E-state index >= 15 is 0 Å². The van der Waals surface area contributed by atoms with Crippen LogP contribution in [0.15, 0.2) is 12.1 Å². The molecule has 0 saturated carbocycles. The van der Waals surface area contributed by atoms with Gasteiger partial charge in [-0.05, 0) is 12.7 Å². The number of hydrogen-bond acceptors (Lipinski definition) is 6. The topological polar surface area (TPSA) is 117 Å². The SMILES string of the molecule is N#CB1CCCC(NC(=O)c2cc([N+](=O)[O-])c(NCCOC(F)F)cc2F)C1. The number of amides is 1. The Morgan fingerprint density at radius 1 is 1.50 bits per heavy atom. The van der Waals surface area contributed by atoms with Gasteiger partial charge >= 0.3 is 6.61 Å². The number of nitriles is 1. The first-order valence-corrected chi connectivity index (χ1v) is 8.63. The highest BCUT2D eigenvalue weighted by Crippen LogP contribution is 2.28. The lowest BCUT2D eigenvalue weighted by Crippen LogP contribution is -2.40. The van der Waals surface area contributed by atoms with Gasteiger partial charge in [0.1, 0.15) is 11.5 Å². The number of nitro benzene ring substituents is 1. The van der Waals surface area contributed by atoms with Crippen LogP contribution in [-0.4, -0.2) is 43.3 Å². The molecule has 12 heteroatoms. The van der Waals surface area contributed by atoms with Crippen molar-refractivity contribution in [3.05, 3.63) is 33.6 Å². The molecular formula is C16H18BF3N4O4. The van der Waals surface area contributed by atoms with Crippen molar-refractivity contribution in [2.45, 2.75) is 38.1 Å². The molecule has 1 atom stereocenters. The summed E-state index contributed by atoms with van der Waals surface area (Å²) in [5, 5.41) is 25.3. The smallest absolute Gasteiger partial charge is 0.345 e. The molecule has 1 aromatic carbocycles. The van der Waals surface area contributed by atoms with Gasteiger partial charge in [-0.2, -0.15) is 8.78 Å². The van der Waals surface area contributed by atoms with Crippen molar-refractivity contribution in [2.24, 2.45) is 0 Å². The largest absolute Gasteiger partial charge is 0.377 e. The Hall–Kier alpha value is -2.81. The van der Waals surface area contributed by atoms with Crippen molar-refractivity contribution in [3.63, 3.8) is 0 Å². The number of nitro groups is 1. The molecule has 1 saturated heterocycles. The van der Waals surface area contributed by atoms with E-state index in [1.807, 2.05) is 0 Å². The maximum Gasteiger partial charge on any atom is 0.345 e. The van der Waals surface area contributed by atoms with Crippen LogP contribution in [-0.2, 0) is 4.74 Å². The van der Waals surface area contributed by atoms with E-state index in [1.165, 1.54) is 0 Å². The van der Waals surface area contributed by atoms with Crippen LogP contribution in [0.4, 0.5) is 24.5 Å². The van der Waals surface area contributed by atoms with Crippen LogP contribution in [0.5, 0.6) is 0 Å². The molecule has 0 aliphatic carbocycles. The summed E-state index contributed by atoms with van der Waals surface area (Å²) in [6.07, 6.45) is 2.56. The van der Waals surface area contributed by atoms with Crippen LogP contribution in [0.2, 0.25) is 12.6 Å². The second kappa shape index (κ2) is 9.94. The molecule has 2 rings (SSSR count). The van der Waals surface area contributed by atoms with Crippen LogP contribution in [0.25, 0.3) is 0 Å². The van der Waals surface area contributed by atoms with E-state index in [0.717, 1.165) is 24.9 Å². The number of carbonyl (C=O) groups is 1. The van der Waals surface area contributed by atoms with Crippen molar-refractivity contribution in [2.75, 3.05) is 18.5 Å². The maximum atomic E-state index is 14.4. The molecule has 1 aromatic rings. The molecule has 8 nitrogen and oxygen atoms in total. The molecule has 1 aliphatic rings. The Balaban J connectivity index is 2.11. The number of halogens is 3. The Morgan fingerprint density at radius 2 is 2.25 bits per heavy atom. The number of anilines is 1. The summed E-state index contributed by atoms with van der Waals surface area (Å²) < 4.78 is 42.2. The van der Waals surface area contributed by atoms with Crippen molar-refractivity contribution >= 4 is 24.0 Å². The van der Waals surface area contributed by atoms with E-state index < -0.39 is 41.1 Å². The Bertz CT molecular complexity index is 775. The van der Waals surface area contributed by atoms with Gasteiger partial charge in [0, 0.05) is 30.7 Å². The molecule has 28 heavy (non-hydrogen) atoms. The Morgan fingerprint density at radius 3 is 2.89 bits per heavy atom. The molecule has 0 spiro atoms. The Kier molecular flexibility index (Phi) is 7.63. The number of rotatable bonds is 8. The molecule has 1 heterocycles. The number of alkyl halides is 2. The lowest BCUT2D eigenvalue weighted by molar-refractivity contribution is -0.384. The second-order valence-corrected chi connectivity index (χ2v) is 6.33. The highest BCUT2D eigenvalue weighted by molar-refractivity contribution is 6.67. The number of nitrogens with zero attached hydrogens (tertiary/aromatic N) is 2. The van der Waals surface area contributed by atoms with Crippen LogP contribution >= 0.6 is 0 Å². The molecule has 1 unspecified atom stereocenters. The number of hydrogen-bond donors (Lipinski definition) is 2. The first kappa shape index (κ1) is 21.5. The van der Waals surface area contributed by atoms with Gasteiger partial charge in [0.15, 0.2) is 0 Å². The van der Waals surface area contributed by atoms with Gasteiger partial charge in [-0.3, -0.25) is 14.9 Å². The summed E-state index contributed by atoms with van der Waals surface area (Å²) in [7, 11) is 0. The van der Waals surface area contributed by atoms with E-state index in [4.69, 9.17) is 5.26 Å². The minimum atomic E-state index is -2.99. The zero-order chi connectivity index (χ0) is 20.7. The monoisotopic (exact) mass is 398 g/mol. The first-order chi connectivity index (χ1) is 13.3. The second-order valence-electron chi connectivity index (χ2n) is 6.33. The lowest BCUT2D eigenvalue weighted by atomic mass is 9.42. The predicted octanol–water partition coefficient (Wildman–Crippen LogP) is 2.83. The highest BCUT2D eigenvalue weighted by atomic mass is 19.3. The van der Waals surface area contributed by atoms with Gasteiger partial charge in [0.25, 0.3) is 18.3 Å². The number of ether oxygens (including phenoxy) is 1. The van der Waals surface area contributed by atoms with Gasteiger partial charge in [-0.15, -0.1) is 0 Å². The number of nitrogens with one attached hydrogen (secondary N) is 2. The number of carbonyl (C=O) groups excluding carboxylic acids is 1. The van der Waals surface area contributed by atoms with E-state index in [2.05, 4.69) is 21.3 Å². The molecule has 150 valence electrons. The van der Waals surface area contributed by atoms with Gasteiger partial charge in [-0.1, -0.05) is 12.7 Å². The zero-order valence-electron chi connectivity index (χ0n) is 14.8. The van der Waals surface area contributed by atoms with Crippen molar-refractivity contribution < 1.29 is 27.6 Å². The summed E-state index contributed by atoms with van der Waals surface area (Å²) in [6, 6.07) is 1.26. The van der Waals surface area contributed by atoms with Gasteiger partial charge in [-0.25, -0.2) is 9.65 Å². The third kappa shape index (κ3) is 5.85. The summed E-state index contributed by atoms with van der Waals surface area (Å²) >= 11 is 0. The molecule has 0 bridgehead atoms. The molecule has 0 aromatic heterocycles. The minimum Gasteiger partial charge on any atom is -0.377 e. The average Bonchev–Trinajstić information content (AvgIpc) is 2.64. The van der Waals surface area contributed by atoms with Crippen LogP contribution in [0.3, 0.4) is 0 Å². The van der Waals surface area contributed by atoms with Crippen LogP contribution < -0.4 is 10.6 Å². The van der Waals surface area contributed by atoms with Crippen molar-refractivity contribution in [3.8, 4) is 5.97 Å². The highest BCUT2D eigenvalue weighted by Gasteiger charge is 2.28. The summed E-state index contributed by atoms with van der Waals surface area (Å²) in [5.41, 5.74) is -1.32. The first-order valence-electron chi connectivity index (χ1n) is 8.63. The standard InChI is InChI=1S/C16H18BF3N4O4/c18-12-7-13(22-4-5-28-16(19)20)14(24(26)27)6-11(12)15(25)23-10-2-1-3-17(8-10)9-21/h6-7,10,16,22H,1-5,8H2,(H,23,25). The fourth-order valence-electron chi connectivity index (χ4n) is 3.06.